The summed E-state index contributed by atoms with van der Waals surface area (Å²) in [5, 5.41) is 11.2. The van der Waals surface area contributed by atoms with Crippen molar-refractivity contribution in [1.29, 1.82) is 0 Å². The summed E-state index contributed by atoms with van der Waals surface area (Å²) >= 11 is 11.9. The maximum Gasteiger partial charge on any atom is 0.260 e. The first kappa shape index (κ1) is 17.8. The number of carbonyl (C=O) groups is 1. The number of benzene rings is 1. The van der Waals surface area contributed by atoms with Gasteiger partial charge in [0.05, 0.1) is 17.2 Å². The molecule has 0 spiro atoms. The van der Waals surface area contributed by atoms with E-state index in [1.165, 1.54) is 6.42 Å². The number of ether oxygens (including phenoxy) is 1. The van der Waals surface area contributed by atoms with Gasteiger partial charge >= 0.3 is 0 Å². The summed E-state index contributed by atoms with van der Waals surface area (Å²) in [7, 11) is 0. The van der Waals surface area contributed by atoms with Crippen LogP contribution in [0.5, 0.6) is 5.75 Å². The van der Waals surface area contributed by atoms with Gasteiger partial charge < -0.3 is 14.7 Å². The van der Waals surface area contributed by atoms with Gasteiger partial charge in [0.15, 0.2) is 6.61 Å². The molecule has 7 heteroatoms. The van der Waals surface area contributed by atoms with Gasteiger partial charge in [0.2, 0.25) is 0 Å². The van der Waals surface area contributed by atoms with Gasteiger partial charge in [0.1, 0.15) is 5.75 Å². The molecule has 1 aromatic rings. The highest BCUT2D eigenvalue weighted by molar-refractivity contribution is 6.35. The number of rotatable bonds is 4. The Morgan fingerprint density at radius 2 is 1.96 bits per heavy atom. The molecule has 2 unspecified atom stereocenters. The summed E-state index contributed by atoms with van der Waals surface area (Å²) < 4.78 is 5.50. The van der Waals surface area contributed by atoms with E-state index in [4.69, 9.17) is 27.9 Å². The van der Waals surface area contributed by atoms with Crippen molar-refractivity contribution in [3.63, 3.8) is 0 Å². The summed E-state index contributed by atoms with van der Waals surface area (Å²) in [4.78, 5) is 16.4. The van der Waals surface area contributed by atoms with Gasteiger partial charge in [-0.05, 0) is 44.1 Å². The fourth-order valence-corrected chi connectivity index (χ4v) is 3.87. The second kappa shape index (κ2) is 7.91. The highest BCUT2D eigenvalue weighted by Crippen LogP contribution is 2.27. The molecule has 0 aliphatic carbocycles. The van der Waals surface area contributed by atoms with Crippen LogP contribution in [0.15, 0.2) is 18.2 Å². The molecule has 0 radical (unpaired) electrons. The molecule has 132 valence electrons. The molecule has 0 saturated carbocycles. The van der Waals surface area contributed by atoms with E-state index in [1.54, 1.807) is 23.1 Å². The topological polar surface area (TPSA) is 53.0 Å². The van der Waals surface area contributed by atoms with Crippen LogP contribution in [0.25, 0.3) is 0 Å². The van der Waals surface area contributed by atoms with Crippen molar-refractivity contribution in [3.8, 4) is 5.75 Å². The number of halogens is 2. The maximum absolute atomic E-state index is 12.4. The number of hydrogen-bond acceptors (Lipinski definition) is 4. The number of carbonyl (C=O) groups excluding carboxylic acids is 1. The van der Waals surface area contributed by atoms with E-state index in [9.17, 15) is 9.90 Å². The Labute approximate surface area is 152 Å². The van der Waals surface area contributed by atoms with Crippen molar-refractivity contribution in [2.45, 2.75) is 31.4 Å². The Morgan fingerprint density at radius 3 is 2.67 bits per heavy atom. The lowest BCUT2D eigenvalue weighted by atomic mass is 10.1. The standard InChI is InChI=1S/C17H22Cl2N2O3/c18-12-4-5-16(13(19)8-12)24-11-17(23)21-9-14(15(22)10-21)20-6-2-1-3-7-20/h4-5,8,14-15,22H,1-3,6-7,9-11H2. The van der Waals surface area contributed by atoms with Crippen molar-refractivity contribution in [1.82, 2.24) is 9.80 Å². The van der Waals surface area contributed by atoms with Crippen molar-refractivity contribution < 1.29 is 14.6 Å². The van der Waals surface area contributed by atoms with Crippen LogP contribution in [-0.4, -0.2) is 65.7 Å². The summed E-state index contributed by atoms with van der Waals surface area (Å²) in [6.07, 6.45) is 3.08. The van der Waals surface area contributed by atoms with Gasteiger partial charge in [0, 0.05) is 18.1 Å². The molecular weight excluding hydrogens is 351 g/mol. The Balaban J connectivity index is 1.53. The molecule has 1 N–H and O–H groups in total. The highest BCUT2D eigenvalue weighted by Gasteiger charge is 2.37. The van der Waals surface area contributed by atoms with Crippen LogP contribution in [-0.2, 0) is 4.79 Å². The van der Waals surface area contributed by atoms with Crippen molar-refractivity contribution in [2.75, 3.05) is 32.8 Å². The highest BCUT2D eigenvalue weighted by atomic mass is 35.5. The Kier molecular flexibility index (Phi) is 5.87. The zero-order valence-corrected chi connectivity index (χ0v) is 15.0. The van der Waals surface area contributed by atoms with Gasteiger partial charge in [0.25, 0.3) is 5.91 Å². The van der Waals surface area contributed by atoms with E-state index < -0.39 is 6.10 Å². The van der Waals surface area contributed by atoms with Crippen LogP contribution >= 0.6 is 23.2 Å². The number of nitrogens with zero attached hydrogens (tertiary/aromatic N) is 2. The smallest absolute Gasteiger partial charge is 0.260 e. The van der Waals surface area contributed by atoms with Crippen LogP contribution in [0.4, 0.5) is 0 Å². The fraction of sp³-hybridized carbons (Fsp3) is 0.588. The lowest BCUT2D eigenvalue weighted by molar-refractivity contribution is -0.132. The third-order valence-corrected chi connectivity index (χ3v) is 5.25. The normalized spacial score (nSPS) is 25.0. The molecule has 2 aliphatic heterocycles. The van der Waals surface area contributed by atoms with Crippen LogP contribution in [0.3, 0.4) is 0 Å². The molecular formula is C17H22Cl2N2O3. The minimum atomic E-state index is -0.494. The number of aliphatic hydroxyl groups is 1. The van der Waals surface area contributed by atoms with E-state index in [0.717, 1.165) is 25.9 Å². The van der Waals surface area contributed by atoms with E-state index in [2.05, 4.69) is 4.90 Å². The van der Waals surface area contributed by atoms with Crippen LogP contribution in [0, 0.1) is 0 Å². The molecule has 2 aliphatic rings. The van der Waals surface area contributed by atoms with Gasteiger partial charge in [-0.1, -0.05) is 29.6 Å². The van der Waals surface area contributed by atoms with E-state index >= 15 is 0 Å². The number of piperidine rings is 1. The minimum Gasteiger partial charge on any atom is -0.482 e. The van der Waals surface area contributed by atoms with Gasteiger partial charge in [-0.2, -0.15) is 0 Å². The molecule has 24 heavy (non-hydrogen) atoms. The SMILES string of the molecule is O=C(COc1ccc(Cl)cc1Cl)N1CC(O)C(N2CCCCC2)C1. The lowest BCUT2D eigenvalue weighted by Gasteiger charge is -2.33. The molecule has 3 rings (SSSR count). The van der Waals surface area contributed by atoms with Gasteiger partial charge in [-0.15, -0.1) is 0 Å². The average Bonchev–Trinajstić information content (AvgIpc) is 2.96. The summed E-state index contributed by atoms with van der Waals surface area (Å²) in [5.41, 5.74) is 0. The predicted octanol–water partition coefficient (Wildman–Crippen LogP) is 2.43. The van der Waals surface area contributed by atoms with Crippen LogP contribution < -0.4 is 4.74 Å². The summed E-state index contributed by atoms with van der Waals surface area (Å²) in [6.45, 7) is 2.82. The minimum absolute atomic E-state index is 0.0355. The zero-order valence-electron chi connectivity index (χ0n) is 13.5. The molecule has 0 bridgehead atoms. The van der Waals surface area contributed by atoms with Crippen molar-refractivity contribution in [2.24, 2.45) is 0 Å². The van der Waals surface area contributed by atoms with E-state index in [-0.39, 0.29) is 18.6 Å². The van der Waals surface area contributed by atoms with Crippen molar-refractivity contribution in [3.05, 3.63) is 28.2 Å². The molecule has 1 amide bonds. The number of hydrogen-bond donors (Lipinski definition) is 1. The van der Waals surface area contributed by atoms with E-state index in [0.29, 0.717) is 28.9 Å². The molecule has 2 atom stereocenters. The Bertz CT molecular complexity index is 593. The predicted molar refractivity (Wildman–Crippen MR) is 93.8 cm³/mol. The first-order valence-corrected chi connectivity index (χ1v) is 9.08. The van der Waals surface area contributed by atoms with E-state index in [1.807, 2.05) is 0 Å². The number of aliphatic hydroxyl groups excluding tert-OH is 1. The first-order valence-electron chi connectivity index (χ1n) is 8.32. The van der Waals surface area contributed by atoms with Gasteiger partial charge in [-0.25, -0.2) is 0 Å². The third-order valence-electron chi connectivity index (χ3n) is 4.72. The quantitative estimate of drug-likeness (QED) is 0.881. The second-order valence-electron chi connectivity index (χ2n) is 6.39. The lowest BCUT2D eigenvalue weighted by Crippen LogP contribution is -2.46. The third kappa shape index (κ3) is 4.14. The monoisotopic (exact) mass is 372 g/mol. The summed E-state index contributed by atoms with van der Waals surface area (Å²) in [5.74, 6) is 0.293. The molecule has 2 saturated heterocycles. The van der Waals surface area contributed by atoms with Crippen molar-refractivity contribution >= 4 is 29.1 Å². The molecule has 1 aromatic carbocycles. The summed E-state index contributed by atoms with van der Waals surface area (Å²) in [6, 6.07) is 4.93. The Morgan fingerprint density at radius 1 is 1.21 bits per heavy atom. The largest absolute Gasteiger partial charge is 0.482 e. The van der Waals surface area contributed by atoms with Gasteiger partial charge in [-0.3, -0.25) is 9.69 Å². The molecule has 2 fully saturated rings. The molecule has 0 aromatic heterocycles. The number of amides is 1. The average molecular weight is 373 g/mol. The molecule has 2 heterocycles. The molecule has 5 nitrogen and oxygen atoms in total. The van der Waals surface area contributed by atoms with Crippen LogP contribution in [0.2, 0.25) is 10.0 Å². The maximum atomic E-state index is 12.4. The Hall–Kier alpha value is -1.01. The van der Waals surface area contributed by atoms with Crippen LogP contribution in [0.1, 0.15) is 19.3 Å². The number of β-amino-alcohol motifs (C(OH)–C–C–N with tert-alkyl or cyclic N) is 1. The number of likely N-dealkylation sites (tertiary alicyclic amines) is 2. The fourth-order valence-electron chi connectivity index (χ4n) is 3.40. The zero-order chi connectivity index (χ0) is 17.1. The first-order chi connectivity index (χ1) is 11.5. The second-order valence-corrected chi connectivity index (χ2v) is 7.24.